The molecule has 0 heterocycles. The molecule has 0 aliphatic heterocycles. The molecule has 8 rings (SSSR count). The summed E-state index contributed by atoms with van der Waals surface area (Å²) in [5, 5.41) is 0. The van der Waals surface area contributed by atoms with Gasteiger partial charge in [-0.15, -0.1) is 0 Å². The smallest absolute Gasteiger partial charge is 0.0199 e. The van der Waals surface area contributed by atoms with Crippen LogP contribution >= 0.6 is 0 Å². The van der Waals surface area contributed by atoms with Crippen LogP contribution in [0.15, 0.2) is 48.5 Å². The van der Waals surface area contributed by atoms with Crippen LogP contribution in [0.25, 0.3) is 11.1 Å². The van der Waals surface area contributed by atoms with E-state index >= 15 is 0 Å². The molecule has 192 valence electrons. The molecule has 0 radical (unpaired) electrons. The van der Waals surface area contributed by atoms with Crippen LogP contribution in [0.5, 0.6) is 0 Å². The maximum absolute atomic E-state index is 2.64. The van der Waals surface area contributed by atoms with Crippen molar-refractivity contribution in [3.63, 3.8) is 0 Å². The Hall–Kier alpha value is -3.12. The molecule has 0 unspecified atom stereocenters. The van der Waals surface area contributed by atoms with Gasteiger partial charge < -0.3 is 0 Å². The molecule has 0 fully saturated rings. The minimum absolute atomic E-state index is 0.0745. The summed E-state index contributed by atoms with van der Waals surface area (Å²) in [6.45, 7) is 24.3. The molecule has 0 amide bonds. The predicted molar refractivity (Wildman–Crippen MR) is 161 cm³/mol. The molecule has 0 saturated carbocycles. The normalized spacial score (nSPS) is 25.8. The quantitative estimate of drug-likeness (QED) is 0.227. The highest BCUT2D eigenvalue weighted by Gasteiger charge is 2.67. The molecule has 4 aliphatic rings. The highest BCUT2D eigenvalue weighted by atomic mass is 14.7. The van der Waals surface area contributed by atoms with E-state index in [9.17, 15) is 0 Å². The highest BCUT2D eigenvalue weighted by Crippen LogP contribution is 2.74. The van der Waals surface area contributed by atoms with E-state index < -0.39 is 0 Å². The molecule has 2 atom stereocenters. The lowest BCUT2D eigenvalue weighted by atomic mass is 9.35. The van der Waals surface area contributed by atoms with Gasteiger partial charge in [0.1, 0.15) is 0 Å². The summed E-state index contributed by atoms with van der Waals surface area (Å²) in [4.78, 5) is 0. The molecular weight excluding hydrogens is 456 g/mol. The van der Waals surface area contributed by atoms with Crippen molar-refractivity contribution in [2.75, 3.05) is 0 Å². The molecular formula is C38H40. The van der Waals surface area contributed by atoms with Gasteiger partial charge >= 0.3 is 0 Å². The van der Waals surface area contributed by atoms with E-state index in [4.69, 9.17) is 0 Å². The largest absolute Gasteiger partial charge is 0.0620 e. The van der Waals surface area contributed by atoms with E-state index in [2.05, 4.69) is 118 Å². The van der Waals surface area contributed by atoms with Gasteiger partial charge in [0.15, 0.2) is 0 Å². The lowest BCUT2D eigenvalue weighted by molar-refractivity contribution is 0.157. The molecule has 38 heavy (non-hydrogen) atoms. The summed E-state index contributed by atoms with van der Waals surface area (Å²) in [5.41, 5.74) is 24.1. The first-order chi connectivity index (χ1) is 18.0. The number of hydrogen-bond donors (Lipinski definition) is 0. The van der Waals surface area contributed by atoms with Crippen molar-refractivity contribution in [2.24, 2.45) is 0 Å². The summed E-state index contributed by atoms with van der Waals surface area (Å²) in [5.74, 6) is 0.636. The van der Waals surface area contributed by atoms with Gasteiger partial charge in [-0.25, -0.2) is 0 Å². The molecule has 0 N–H and O–H groups in total. The Bertz CT molecular complexity index is 1560. The van der Waals surface area contributed by atoms with Crippen molar-refractivity contribution in [3.8, 4) is 11.1 Å². The maximum atomic E-state index is 2.64. The minimum Gasteiger partial charge on any atom is -0.0620 e. The Labute approximate surface area is 229 Å². The number of benzene rings is 4. The van der Waals surface area contributed by atoms with Gasteiger partial charge in [-0.3, -0.25) is 0 Å². The van der Waals surface area contributed by atoms with Crippen molar-refractivity contribution in [1.29, 1.82) is 0 Å². The van der Waals surface area contributed by atoms with E-state index in [0.29, 0.717) is 11.8 Å². The van der Waals surface area contributed by atoms with Crippen molar-refractivity contribution in [3.05, 3.63) is 126 Å². The highest BCUT2D eigenvalue weighted by molar-refractivity contribution is 5.89. The molecule has 4 aromatic rings. The second-order valence-electron chi connectivity index (χ2n) is 13.0. The third-order valence-electron chi connectivity index (χ3n) is 12.1. The van der Waals surface area contributed by atoms with Crippen LogP contribution in [-0.2, 0) is 10.8 Å². The van der Waals surface area contributed by atoms with E-state index in [1.807, 2.05) is 0 Å². The van der Waals surface area contributed by atoms with Crippen LogP contribution in [-0.4, -0.2) is 0 Å². The van der Waals surface area contributed by atoms with Crippen molar-refractivity contribution in [1.82, 2.24) is 0 Å². The summed E-state index contributed by atoms with van der Waals surface area (Å²) in [6.07, 6.45) is 0. The first-order valence-corrected chi connectivity index (χ1v) is 14.4. The zero-order chi connectivity index (χ0) is 27.0. The van der Waals surface area contributed by atoms with Crippen LogP contribution in [0.2, 0.25) is 0 Å². The van der Waals surface area contributed by atoms with E-state index in [-0.39, 0.29) is 10.8 Å². The first kappa shape index (κ1) is 24.0. The zero-order valence-corrected chi connectivity index (χ0v) is 24.8. The molecule has 4 aromatic carbocycles. The first-order valence-electron chi connectivity index (χ1n) is 14.4. The lowest BCUT2D eigenvalue weighted by Gasteiger charge is -2.67. The van der Waals surface area contributed by atoms with Crippen molar-refractivity contribution >= 4 is 0 Å². The van der Waals surface area contributed by atoms with Crippen LogP contribution in [0.4, 0.5) is 0 Å². The SMILES string of the molecule is Cc1c(C)c(C)c2c(c1C)-c1c(C)c(C)c(C)c(C)c1[C@]1(C)C3c4ccccc4C(c4ccccc43)[C@]21C. The minimum atomic E-state index is -0.0745. The lowest BCUT2D eigenvalue weighted by Crippen LogP contribution is -2.61. The van der Waals surface area contributed by atoms with Crippen molar-refractivity contribution < 1.29 is 0 Å². The average Bonchev–Trinajstić information content (AvgIpc) is 2.91. The Kier molecular flexibility index (Phi) is 4.60. The maximum Gasteiger partial charge on any atom is 0.0199 e. The van der Waals surface area contributed by atoms with Crippen LogP contribution in [0, 0.1) is 55.4 Å². The van der Waals surface area contributed by atoms with Gasteiger partial charge in [0.2, 0.25) is 0 Å². The Balaban J connectivity index is 1.81. The molecule has 2 bridgehead atoms. The van der Waals surface area contributed by atoms with E-state index in [1.54, 1.807) is 33.4 Å². The summed E-state index contributed by atoms with van der Waals surface area (Å²) >= 11 is 0. The van der Waals surface area contributed by atoms with Crippen LogP contribution in [0.3, 0.4) is 0 Å². The molecule has 0 spiro atoms. The average molecular weight is 497 g/mol. The van der Waals surface area contributed by atoms with Gasteiger partial charge in [0.05, 0.1) is 0 Å². The zero-order valence-electron chi connectivity index (χ0n) is 24.8. The third-order valence-corrected chi connectivity index (χ3v) is 12.1. The predicted octanol–water partition coefficient (Wildman–Crippen LogP) is 9.64. The number of hydrogen-bond acceptors (Lipinski definition) is 0. The Morgan fingerprint density at radius 3 is 0.947 bits per heavy atom. The molecule has 4 aliphatic carbocycles. The second kappa shape index (κ2) is 7.29. The third kappa shape index (κ3) is 2.33. The number of rotatable bonds is 0. The molecule has 0 saturated heterocycles. The van der Waals surface area contributed by atoms with E-state index in [0.717, 1.165) is 0 Å². The summed E-state index contributed by atoms with van der Waals surface area (Å²) < 4.78 is 0. The standard InChI is InChI=1S/C38H40/c1-19-21(3)25(7)33-31(23(19)5)32-24(6)20(2)22(4)26(8)34(32)38(10)36-29-17-13-11-15-27(29)35(37(33,38)9)28-16-12-14-18-30(28)36/h11-18,35-36H,1-10H3/t35?,36?,37-,38+. The second-order valence-corrected chi connectivity index (χ2v) is 13.0. The number of fused-ring (bicyclic) bond motifs is 3. The fourth-order valence-electron chi connectivity index (χ4n) is 9.61. The van der Waals surface area contributed by atoms with Crippen molar-refractivity contribution in [2.45, 2.75) is 91.9 Å². The molecule has 0 aromatic heterocycles. The molecule has 0 heteroatoms. The summed E-state index contributed by atoms with van der Waals surface area (Å²) in [7, 11) is 0. The molecule has 0 nitrogen and oxygen atoms in total. The fraction of sp³-hybridized carbons (Fsp3) is 0.368. The fourth-order valence-corrected chi connectivity index (χ4v) is 9.61. The van der Waals surface area contributed by atoms with Crippen LogP contribution < -0.4 is 0 Å². The van der Waals surface area contributed by atoms with Crippen LogP contribution in [0.1, 0.15) is 104 Å². The van der Waals surface area contributed by atoms with Gasteiger partial charge in [-0.1, -0.05) is 62.4 Å². The monoisotopic (exact) mass is 496 g/mol. The van der Waals surface area contributed by atoms with E-state index in [1.165, 1.54) is 55.6 Å². The van der Waals surface area contributed by atoms with Gasteiger partial charge in [0, 0.05) is 22.7 Å². The van der Waals surface area contributed by atoms with Gasteiger partial charge in [0.25, 0.3) is 0 Å². The van der Waals surface area contributed by atoms with Gasteiger partial charge in [-0.05, 0) is 144 Å². The Morgan fingerprint density at radius 2 is 0.658 bits per heavy atom. The van der Waals surface area contributed by atoms with Gasteiger partial charge in [-0.2, -0.15) is 0 Å². The Morgan fingerprint density at radius 1 is 0.395 bits per heavy atom. The summed E-state index contributed by atoms with van der Waals surface area (Å²) in [6, 6.07) is 18.8. The topological polar surface area (TPSA) is 0 Å².